The first-order valence-corrected chi connectivity index (χ1v) is 35.8. The van der Waals surface area contributed by atoms with Gasteiger partial charge in [0, 0.05) is 19.3 Å². The molecule has 0 aromatic rings. The molecular weight excluding hydrogens is 997 g/mol. The first-order chi connectivity index (χ1) is 40.0. The summed E-state index contributed by atoms with van der Waals surface area (Å²) in [5, 5.41) is 0. The summed E-state index contributed by atoms with van der Waals surface area (Å²) in [5.41, 5.74) is 0. The zero-order valence-electron chi connectivity index (χ0n) is 54.3. The lowest BCUT2D eigenvalue weighted by molar-refractivity contribution is -0.167. The minimum Gasteiger partial charge on any atom is -0.462 e. The van der Waals surface area contributed by atoms with Crippen LogP contribution in [-0.4, -0.2) is 37.2 Å². The number of hydrogen-bond acceptors (Lipinski definition) is 6. The van der Waals surface area contributed by atoms with Gasteiger partial charge in [-0.1, -0.05) is 338 Å². The summed E-state index contributed by atoms with van der Waals surface area (Å²) in [7, 11) is 0. The Hall–Kier alpha value is -2.89. The zero-order valence-corrected chi connectivity index (χ0v) is 54.3. The van der Waals surface area contributed by atoms with E-state index < -0.39 is 6.10 Å². The molecule has 0 aliphatic carbocycles. The summed E-state index contributed by atoms with van der Waals surface area (Å²) in [6.07, 6.45) is 89.9. The maximum absolute atomic E-state index is 12.9. The summed E-state index contributed by atoms with van der Waals surface area (Å²) in [4.78, 5) is 38.4. The molecule has 6 heteroatoms. The number of carbonyl (C=O) groups is 3. The largest absolute Gasteiger partial charge is 0.462 e. The maximum Gasteiger partial charge on any atom is 0.306 e. The summed E-state index contributed by atoms with van der Waals surface area (Å²) in [6.45, 7) is 6.53. The smallest absolute Gasteiger partial charge is 0.306 e. The lowest BCUT2D eigenvalue weighted by Gasteiger charge is -2.18. The van der Waals surface area contributed by atoms with Crippen LogP contribution in [0, 0.1) is 0 Å². The molecule has 1 atom stereocenters. The molecule has 0 aromatic heterocycles. The number of carbonyl (C=O) groups excluding carboxylic acids is 3. The molecule has 1 unspecified atom stereocenters. The molecule has 0 saturated carbocycles. The van der Waals surface area contributed by atoms with Crippen LogP contribution in [0.2, 0.25) is 0 Å². The molecule has 81 heavy (non-hydrogen) atoms. The first kappa shape index (κ1) is 78.1. The number of rotatable bonds is 66. The second kappa shape index (κ2) is 69.6. The Balaban J connectivity index is 4.16. The molecule has 0 fully saturated rings. The summed E-state index contributed by atoms with van der Waals surface area (Å²) in [5.74, 6) is -0.896. The Labute approximate surface area is 504 Å². The highest BCUT2D eigenvalue weighted by Gasteiger charge is 2.19. The number of esters is 3. The van der Waals surface area contributed by atoms with Crippen LogP contribution in [0.1, 0.15) is 380 Å². The molecule has 0 heterocycles. The highest BCUT2D eigenvalue weighted by atomic mass is 16.6. The normalized spacial score (nSPS) is 12.4. The van der Waals surface area contributed by atoms with E-state index in [-0.39, 0.29) is 31.1 Å². The molecule has 0 aliphatic heterocycles. The summed E-state index contributed by atoms with van der Waals surface area (Å²) >= 11 is 0. The Morgan fingerprint density at radius 3 is 0.790 bits per heavy atom. The van der Waals surface area contributed by atoms with Crippen molar-refractivity contribution in [1.82, 2.24) is 0 Å². The van der Waals surface area contributed by atoms with Crippen molar-refractivity contribution in [3.8, 4) is 0 Å². The quantitative estimate of drug-likeness (QED) is 0.0261. The van der Waals surface area contributed by atoms with Crippen LogP contribution >= 0.6 is 0 Å². The maximum atomic E-state index is 12.9. The standard InChI is InChI=1S/C75H136O6/c1-4-7-10-13-16-19-22-25-27-29-31-32-33-34-35-36-37-38-39-40-41-42-44-45-47-50-53-56-59-62-65-68-74(77)80-71-72(70-79-73(76)67-64-61-58-55-52-49-24-21-18-15-12-9-6-3)81-75(78)69-66-63-60-57-54-51-48-46-43-30-28-26-23-20-17-14-11-8-5-2/h9,12,17-18,20-21,26,28,49,52,72H,4-8,10-11,13-16,19,22-25,27,29-48,50-51,53-71H2,1-3H3/b12-9-,20-17-,21-18-,28-26-,52-49-. The van der Waals surface area contributed by atoms with E-state index in [2.05, 4.69) is 81.5 Å². The molecule has 0 amide bonds. The van der Waals surface area contributed by atoms with Gasteiger partial charge in [-0.3, -0.25) is 14.4 Å². The monoisotopic (exact) mass is 1130 g/mol. The van der Waals surface area contributed by atoms with Crippen molar-refractivity contribution < 1.29 is 28.6 Å². The third-order valence-electron chi connectivity index (χ3n) is 16.0. The lowest BCUT2D eigenvalue weighted by atomic mass is 10.0. The Kier molecular flexibility index (Phi) is 67.1. The Morgan fingerprint density at radius 1 is 0.259 bits per heavy atom. The van der Waals surface area contributed by atoms with E-state index in [1.165, 1.54) is 250 Å². The summed E-state index contributed by atoms with van der Waals surface area (Å²) in [6, 6.07) is 0. The van der Waals surface area contributed by atoms with Gasteiger partial charge in [0.2, 0.25) is 0 Å². The number of unbranched alkanes of at least 4 members (excludes halogenated alkanes) is 45. The van der Waals surface area contributed by atoms with E-state index in [0.29, 0.717) is 19.3 Å². The average molecular weight is 1130 g/mol. The second-order valence-electron chi connectivity index (χ2n) is 24.1. The Morgan fingerprint density at radius 2 is 0.481 bits per heavy atom. The van der Waals surface area contributed by atoms with E-state index in [9.17, 15) is 14.4 Å². The molecule has 0 rings (SSSR count). The molecule has 0 aromatic carbocycles. The van der Waals surface area contributed by atoms with Crippen LogP contribution < -0.4 is 0 Å². The van der Waals surface area contributed by atoms with Crippen LogP contribution in [0.15, 0.2) is 60.8 Å². The van der Waals surface area contributed by atoms with Gasteiger partial charge in [-0.25, -0.2) is 0 Å². The van der Waals surface area contributed by atoms with Crippen molar-refractivity contribution in [2.24, 2.45) is 0 Å². The minimum absolute atomic E-state index is 0.0821. The molecule has 6 nitrogen and oxygen atoms in total. The molecule has 0 radical (unpaired) electrons. The van der Waals surface area contributed by atoms with Gasteiger partial charge in [0.25, 0.3) is 0 Å². The zero-order chi connectivity index (χ0) is 58.5. The van der Waals surface area contributed by atoms with Gasteiger partial charge in [-0.05, 0) is 83.5 Å². The molecule has 0 saturated heterocycles. The highest BCUT2D eigenvalue weighted by Crippen LogP contribution is 2.19. The molecule has 0 N–H and O–H groups in total. The lowest BCUT2D eigenvalue weighted by Crippen LogP contribution is -2.30. The molecular formula is C75H136O6. The van der Waals surface area contributed by atoms with Gasteiger partial charge < -0.3 is 14.2 Å². The van der Waals surface area contributed by atoms with Crippen LogP contribution in [-0.2, 0) is 28.6 Å². The summed E-state index contributed by atoms with van der Waals surface area (Å²) < 4.78 is 16.9. The van der Waals surface area contributed by atoms with Gasteiger partial charge in [0.05, 0.1) is 0 Å². The van der Waals surface area contributed by atoms with Crippen molar-refractivity contribution in [2.45, 2.75) is 386 Å². The van der Waals surface area contributed by atoms with E-state index in [4.69, 9.17) is 14.2 Å². The number of hydrogen-bond donors (Lipinski definition) is 0. The van der Waals surface area contributed by atoms with Gasteiger partial charge in [0.15, 0.2) is 6.10 Å². The van der Waals surface area contributed by atoms with Crippen molar-refractivity contribution in [1.29, 1.82) is 0 Å². The van der Waals surface area contributed by atoms with E-state index in [1.54, 1.807) is 0 Å². The van der Waals surface area contributed by atoms with Gasteiger partial charge in [-0.2, -0.15) is 0 Å². The minimum atomic E-state index is -0.789. The van der Waals surface area contributed by atoms with Crippen LogP contribution in [0.3, 0.4) is 0 Å². The van der Waals surface area contributed by atoms with Gasteiger partial charge >= 0.3 is 17.9 Å². The van der Waals surface area contributed by atoms with Crippen molar-refractivity contribution in [3.05, 3.63) is 60.8 Å². The topological polar surface area (TPSA) is 78.9 Å². The van der Waals surface area contributed by atoms with Crippen LogP contribution in [0.5, 0.6) is 0 Å². The molecule has 0 bridgehead atoms. The molecule has 472 valence electrons. The third-order valence-corrected chi connectivity index (χ3v) is 16.0. The number of ether oxygens (including phenoxy) is 3. The van der Waals surface area contributed by atoms with Gasteiger partial charge in [0.1, 0.15) is 13.2 Å². The fraction of sp³-hybridized carbons (Fsp3) is 0.827. The predicted molar refractivity (Wildman–Crippen MR) is 353 cm³/mol. The average Bonchev–Trinajstić information content (AvgIpc) is 3.46. The van der Waals surface area contributed by atoms with Crippen LogP contribution in [0.4, 0.5) is 0 Å². The highest BCUT2D eigenvalue weighted by molar-refractivity contribution is 5.71. The van der Waals surface area contributed by atoms with Crippen molar-refractivity contribution in [2.75, 3.05) is 13.2 Å². The van der Waals surface area contributed by atoms with E-state index in [1.807, 2.05) is 0 Å². The number of allylic oxidation sites excluding steroid dienone is 10. The van der Waals surface area contributed by atoms with Crippen molar-refractivity contribution in [3.63, 3.8) is 0 Å². The fourth-order valence-corrected chi connectivity index (χ4v) is 10.7. The Bertz CT molecular complexity index is 1440. The van der Waals surface area contributed by atoms with E-state index >= 15 is 0 Å². The fourth-order valence-electron chi connectivity index (χ4n) is 10.7. The van der Waals surface area contributed by atoms with Crippen LogP contribution in [0.25, 0.3) is 0 Å². The molecule has 0 aliphatic rings. The second-order valence-corrected chi connectivity index (χ2v) is 24.1. The predicted octanol–water partition coefficient (Wildman–Crippen LogP) is 24.7. The SMILES string of the molecule is CC/C=C\C/C=C\C/C=C\CCCCCC(=O)OCC(COC(=O)CCCCCCCCCCCCCCCCCCCCCCCCCCCCCCCCC)OC(=O)CCCCCCCCCCC/C=C\C/C=C\CCCCC. The van der Waals surface area contributed by atoms with Crippen molar-refractivity contribution >= 4 is 17.9 Å². The van der Waals surface area contributed by atoms with E-state index in [0.717, 1.165) is 89.9 Å². The molecule has 0 spiro atoms. The first-order valence-electron chi connectivity index (χ1n) is 35.8. The van der Waals surface area contributed by atoms with Gasteiger partial charge in [-0.15, -0.1) is 0 Å². The third kappa shape index (κ3) is 67.8.